The topological polar surface area (TPSA) is 121 Å². The van der Waals surface area contributed by atoms with E-state index in [-0.39, 0.29) is 30.5 Å². The molecule has 1 aliphatic rings. The van der Waals surface area contributed by atoms with Crippen LogP contribution in [0, 0.1) is 13.8 Å². The highest BCUT2D eigenvalue weighted by atomic mass is 16.5. The zero-order valence-corrected chi connectivity index (χ0v) is 21.0. The van der Waals surface area contributed by atoms with E-state index in [2.05, 4.69) is 5.10 Å². The number of ether oxygens (including phenoxy) is 1. The molecule has 0 fully saturated rings. The summed E-state index contributed by atoms with van der Waals surface area (Å²) in [7, 11) is 1.34. The van der Waals surface area contributed by atoms with E-state index < -0.39 is 5.97 Å². The molecule has 37 heavy (non-hydrogen) atoms. The third-order valence-electron chi connectivity index (χ3n) is 6.33. The van der Waals surface area contributed by atoms with Gasteiger partial charge in [-0.25, -0.2) is 4.79 Å². The number of carboxylic acid groups (broad SMARTS) is 1. The first-order chi connectivity index (χ1) is 17.6. The van der Waals surface area contributed by atoms with Crippen molar-refractivity contribution < 1.29 is 29.3 Å². The highest BCUT2D eigenvalue weighted by Gasteiger charge is 2.29. The van der Waals surface area contributed by atoms with Crippen LogP contribution in [0.2, 0.25) is 0 Å². The number of hydrogen-bond donors (Lipinski definition) is 2. The van der Waals surface area contributed by atoms with E-state index >= 15 is 0 Å². The van der Waals surface area contributed by atoms with Crippen LogP contribution in [0.4, 0.5) is 5.69 Å². The third kappa shape index (κ3) is 4.94. The number of methoxy groups -OCH3 is 1. The summed E-state index contributed by atoms with van der Waals surface area (Å²) in [6.07, 6.45) is 1.89. The van der Waals surface area contributed by atoms with Crippen LogP contribution in [0.3, 0.4) is 0 Å². The fourth-order valence-electron chi connectivity index (χ4n) is 4.36. The van der Waals surface area contributed by atoms with Crippen LogP contribution in [-0.4, -0.2) is 45.4 Å². The lowest BCUT2D eigenvalue weighted by Crippen LogP contribution is -2.21. The molecule has 3 aromatic rings. The summed E-state index contributed by atoms with van der Waals surface area (Å²) in [5.41, 5.74) is 6.28. The largest absolute Gasteiger partial charge is 0.478 e. The first-order valence-corrected chi connectivity index (χ1v) is 11.6. The SMILES string of the molecule is COC(=O)Cc1ccc(CO)c(-n2c(C)cc(C=C3C(=O)N(c4ccc(C(=O)O)cc4)N=C3C)c2C)c1. The van der Waals surface area contributed by atoms with Crippen molar-refractivity contribution >= 4 is 35.3 Å². The standard InChI is InChI=1S/C28H27N3O6/c1-16-11-22(18(3)30(16)25-12-19(13-26(33)37-4)5-6-21(25)15-32)14-24-17(2)29-31(27(24)34)23-9-7-20(8-10-23)28(35)36/h5-12,14,32H,13,15H2,1-4H3,(H,35,36). The van der Waals surface area contributed by atoms with Gasteiger partial charge in [-0.15, -0.1) is 0 Å². The molecule has 0 bridgehead atoms. The Balaban J connectivity index is 1.70. The predicted octanol–water partition coefficient (Wildman–Crippen LogP) is 3.81. The molecule has 2 heterocycles. The third-order valence-corrected chi connectivity index (χ3v) is 6.33. The molecule has 0 unspecified atom stereocenters. The number of anilines is 1. The summed E-state index contributed by atoms with van der Waals surface area (Å²) in [5.74, 6) is -1.72. The van der Waals surface area contributed by atoms with Gasteiger partial charge in [0.1, 0.15) is 0 Å². The number of rotatable bonds is 7. The van der Waals surface area contributed by atoms with Gasteiger partial charge < -0.3 is 19.5 Å². The van der Waals surface area contributed by atoms with Crippen molar-refractivity contribution in [3.8, 4) is 5.69 Å². The number of aromatic nitrogens is 1. The Hall–Kier alpha value is -4.50. The molecule has 1 aliphatic heterocycles. The normalized spacial score (nSPS) is 14.3. The van der Waals surface area contributed by atoms with Gasteiger partial charge in [-0.2, -0.15) is 10.1 Å². The van der Waals surface area contributed by atoms with Crippen LogP contribution in [-0.2, 0) is 27.4 Å². The molecule has 0 saturated carbocycles. The molecule has 0 spiro atoms. The van der Waals surface area contributed by atoms with Gasteiger partial charge in [0, 0.05) is 17.0 Å². The number of carbonyl (C=O) groups excluding carboxylic acids is 2. The molecule has 0 atom stereocenters. The van der Waals surface area contributed by atoms with Gasteiger partial charge in [-0.3, -0.25) is 9.59 Å². The second-order valence-electron chi connectivity index (χ2n) is 8.75. The van der Waals surface area contributed by atoms with Gasteiger partial charge in [0.15, 0.2) is 0 Å². The molecule has 0 saturated heterocycles. The van der Waals surface area contributed by atoms with E-state index in [9.17, 15) is 19.5 Å². The molecule has 1 aromatic heterocycles. The number of carboxylic acids is 1. The van der Waals surface area contributed by atoms with Crippen LogP contribution in [0.1, 0.15) is 45.4 Å². The van der Waals surface area contributed by atoms with Gasteiger partial charge in [0.05, 0.1) is 48.4 Å². The smallest absolute Gasteiger partial charge is 0.335 e. The monoisotopic (exact) mass is 501 g/mol. The van der Waals surface area contributed by atoms with Crippen LogP contribution in [0.25, 0.3) is 11.8 Å². The molecular formula is C28H27N3O6. The lowest BCUT2D eigenvalue weighted by Gasteiger charge is -2.15. The average Bonchev–Trinajstić information content (AvgIpc) is 3.32. The lowest BCUT2D eigenvalue weighted by atomic mass is 10.1. The summed E-state index contributed by atoms with van der Waals surface area (Å²) in [5, 5.41) is 24.7. The number of hydrogen-bond acceptors (Lipinski definition) is 6. The molecule has 2 N–H and O–H groups in total. The first kappa shape index (κ1) is 25.6. The van der Waals surface area contributed by atoms with Crippen molar-refractivity contribution in [3.63, 3.8) is 0 Å². The number of amides is 1. The quantitative estimate of drug-likeness (QED) is 0.375. The van der Waals surface area contributed by atoms with Crippen LogP contribution < -0.4 is 5.01 Å². The van der Waals surface area contributed by atoms with Gasteiger partial charge in [0.25, 0.3) is 5.91 Å². The number of hydrazone groups is 1. The zero-order chi connectivity index (χ0) is 26.9. The second kappa shape index (κ2) is 10.2. The van der Waals surface area contributed by atoms with Crippen molar-refractivity contribution in [1.29, 1.82) is 0 Å². The van der Waals surface area contributed by atoms with Gasteiger partial charge >= 0.3 is 11.9 Å². The maximum atomic E-state index is 13.2. The molecule has 2 aromatic carbocycles. The molecule has 9 nitrogen and oxygen atoms in total. The maximum absolute atomic E-state index is 13.2. The van der Waals surface area contributed by atoms with E-state index in [0.717, 1.165) is 28.2 Å². The number of esters is 1. The van der Waals surface area contributed by atoms with Crippen LogP contribution in [0.5, 0.6) is 0 Å². The summed E-state index contributed by atoms with van der Waals surface area (Å²) < 4.78 is 6.76. The number of aromatic carboxylic acids is 1. The highest BCUT2D eigenvalue weighted by Crippen LogP contribution is 2.29. The van der Waals surface area contributed by atoms with Crippen LogP contribution >= 0.6 is 0 Å². The van der Waals surface area contributed by atoms with E-state index in [4.69, 9.17) is 9.84 Å². The maximum Gasteiger partial charge on any atom is 0.335 e. The first-order valence-electron chi connectivity index (χ1n) is 11.6. The molecule has 9 heteroatoms. The number of aliphatic hydroxyl groups excluding tert-OH is 1. The summed E-state index contributed by atoms with van der Waals surface area (Å²) in [6.45, 7) is 5.41. The molecule has 0 aliphatic carbocycles. The van der Waals surface area contributed by atoms with E-state index in [0.29, 0.717) is 22.5 Å². The Morgan fingerprint density at radius 3 is 2.38 bits per heavy atom. The van der Waals surface area contributed by atoms with E-state index in [1.165, 1.54) is 24.3 Å². The molecule has 1 amide bonds. The minimum atomic E-state index is -1.05. The number of benzene rings is 2. The van der Waals surface area contributed by atoms with Crippen molar-refractivity contribution in [2.45, 2.75) is 33.8 Å². The van der Waals surface area contributed by atoms with Crippen molar-refractivity contribution in [1.82, 2.24) is 4.57 Å². The molecule has 190 valence electrons. The molecule has 0 radical (unpaired) electrons. The predicted molar refractivity (Wildman–Crippen MR) is 139 cm³/mol. The average molecular weight is 502 g/mol. The van der Waals surface area contributed by atoms with Crippen molar-refractivity contribution in [2.75, 3.05) is 12.1 Å². The van der Waals surface area contributed by atoms with E-state index in [1.54, 1.807) is 37.3 Å². The summed E-state index contributed by atoms with van der Waals surface area (Å²) in [6, 6.07) is 13.3. The van der Waals surface area contributed by atoms with Gasteiger partial charge in [0.2, 0.25) is 0 Å². The Labute approximate surface area is 213 Å². The number of carbonyl (C=O) groups is 3. The van der Waals surface area contributed by atoms with Crippen molar-refractivity contribution in [2.24, 2.45) is 5.10 Å². The number of nitrogens with zero attached hydrogens (tertiary/aromatic N) is 3. The number of aryl methyl sites for hydroxylation is 1. The second-order valence-corrected chi connectivity index (χ2v) is 8.75. The minimum Gasteiger partial charge on any atom is -0.478 e. The Kier molecular flexibility index (Phi) is 7.08. The fraction of sp³-hybridized carbons (Fsp3) is 0.214. The van der Waals surface area contributed by atoms with Gasteiger partial charge in [-0.1, -0.05) is 12.1 Å². The lowest BCUT2D eigenvalue weighted by molar-refractivity contribution is -0.139. The number of aliphatic hydroxyl groups is 1. The Morgan fingerprint density at radius 2 is 1.76 bits per heavy atom. The zero-order valence-electron chi connectivity index (χ0n) is 21.0. The van der Waals surface area contributed by atoms with Crippen LogP contribution in [0.15, 0.2) is 59.2 Å². The summed E-state index contributed by atoms with van der Waals surface area (Å²) >= 11 is 0. The Morgan fingerprint density at radius 1 is 1.05 bits per heavy atom. The molecular weight excluding hydrogens is 474 g/mol. The van der Waals surface area contributed by atoms with Crippen molar-refractivity contribution in [3.05, 3.63) is 87.7 Å². The highest BCUT2D eigenvalue weighted by molar-refractivity contribution is 6.32. The minimum absolute atomic E-state index is 0.110. The fourth-order valence-corrected chi connectivity index (χ4v) is 4.36. The summed E-state index contributed by atoms with van der Waals surface area (Å²) in [4.78, 5) is 36.2. The van der Waals surface area contributed by atoms with E-state index in [1.807, 2.05) is 30.5 Å². The molecule has 4 rings (SSSR count). The van der Waals surface area contributed by atoms with Gasteiger partial charge in [-0.05, 0) is 74.4 Å². The Bertz CT molecular complexity index is 1460.